The Bertz CT molecular complexity index is 378. The highest BCUT2D eigenvalue weighted by Crippen LogP contribution is 2.30. The van der Waals surface area contributed by atoms with Crippen LogP contribution in [-0.2, 0) is 0 Å². The second kappa shape index (κ2) is 5.35. The molecular weight excluding hydrogens is 238 g/mol. The maximum absolute atomic E-state index is 12.9. The molecule has 0 saturated carbocycles. The number of benzene rings is 1. The molecule has 2 nitrogen and oxygen atoms in total. The van der Waals surface area contributed by atoms with Crippen LogP contribution in [0.2, 0.25) is 0 Å². The van der Waals surface area contributed by atoms with Crippen LogP contribution in [0.25, 0.3) is 0 Å². The summed E-state index contributed by atoms with van der Waals surface area (Å²) < 4.78 is 53.8. The lowest BCUT2D eigenvalue weighted by Crippen LogP contribution is -2.16. The van der Waals surface area contributed by atoms with Crippen molar-refractivity contribution in [1.29, 1.82) is 0 Å². The number of rotatable bonds is 4. The highest BCUT2D eigenvalue weighted by Gasteiger charge is 2.28. The summed E-state index contributed by atoms with van der Waals surface area (Å²) in [5.74, 6) is -0.353. The van der Waals surface area contributed by atoms with E-state index in [1.54, 1.807) is 0 Å². The Balaban J connectivity index is 2.78. The zero-order valence-corrected chi connectivity index (χ0v) is 9.22. The third-order valence-corrected chi connectivity index (χ3v) is 2.33. The van der Waals surface area contributed by atoms with Gasteiger partial charge in [0, 0.05) is 24.1 Å². The Morgan fingerprint density at radius 2 is 2.00 bits per heavy atom. The number of halogens is 4. The van der Waals surface area contributed by atoms with E-state index in [9.17, 15) is 17.6 Å². The summed E-state index contributed by atoms with van der Waals surface area (Å²) in [7, 11) is 1.31. The summed E-state index contributed by atoms with van der Waals surface area (Å²) in [6, 6.07) is 2.76. The van der Waals surface area contributed by atoms with Gasteiger partial charge >= 0.3 is 6.18 Å². The van der Waals surface area contributed by atoms with Crippen LogP contribution in [-0.4, -0.2) is 13.3 Å². The molecule has 0 aliphatic rings. The molecule has 1 aromatic carbocycles. The van der Waals surface area contributed by atoms with Crippen LogP contribution in [0.1, 0.15) is 24.4 Å². The standard InChI is InChI=1S/C11H13F4NO/c1-17-10-6-7(12)2-3-8(10)9(16)4-5-11(13,14)15/h2-3,6,9H,4-5,16H2,1H3/t9-/m1/s1. The maximum Gasteiger partial charge on any atom is 0.389 e. The number of hydrogen-bond donors (Lipinski definition) is 1. The topological polar surface area (TPSA) is 35.2 Å². The van der Waals surface area contributed by atoms with Gasteiger partial charge in [-0.05, 0) is 12.5 Å². The average Bonchev–Trinajstić information content (AvgIpc) is 2.24. The molecule has 17 heavy (non-hydrogen) atoms. The molecule has 0 saturated heterocycles. The lowest BCUT2D eigenvalue weighted by molar-refractivity contribution is -0.136. The van der Waals surface area contributed by atoms with Gasteiger partial charge < -0.3 is 10.5 Å². The van der Waals surface area contributed by atoms with Gasteiger partial charge in [0.2, 0.25) is 0 Å². The lowest BCUT2D eigenvalue weighted by atomic mass is 10.0. The van der Waals surface area contributed by atoms with E-state index in [2.05, 4.69) is 0 Å². The van der Waals surface area contributed by atoms with Crippen LogP contribution in [0.4, 0.5) is 17.6 Å². The van der Waals surface area contributed by atoms with E-state index >= 15 is 0 Å². The van der Waals surface area contributed by atoms with E-state index in [1.165, 1.54) is 13.2 Å². The van der Waals surface area contributed by atoms with Crippen molar-refractivity contribution in [2.24, 2.45) is 5.73 Å². The van der Waals surface area contributed by atoms with Crippen LogP contribution in [0.3, 0.4) is 0 Å². The molecule has 1 aromatic rings. The summed E-state index contributed by atoms with van der Waals surface area (Å²) >= 11 is 0. The van der Waals surface area contributed by atoms with Crippen LogP contribution in [0, 0.1) is 5.82 Å². The third-order valence-electron chi connectivity index (χ3n) is 2.33. The Morgan fingerprint density at radius 3 is 2.53 bits per heavy atom. The van der Waals surface area contributed by atoms with Gasteiger partial charge in [0.15, 0.2) is 0 Å². The Hall–Kier alpha value is -1.30. The zero-order valence-electron chi connectivity index (χ0n) is 9.22. The minimum absolute atomic E-state index is 0.166. The van der Waals surface area contributed by atoms with E-state index in [0.717, 1.165) is 12.1 Å². The molecule has 0 aromatic heterocycles. The predicted molar refractivity (Wildman–Crippen MR) is 55.2 cm³/mol. The second-order valence-electron chi connectivity index (χ2n) is 3.65. The molecule has 1 rings (SSSR count). The first kappa shape index (κ1) is 13.8. The molecule has 6 heteroatoms. The van der Waals surface area contributed by atoms with Gasteiger partial charge in [-0.15, -0.1) is 0 Å². The van der Waals surface area contributed by atoms with E-state index in [4.69, 9.17) is 10.5 Å². The smallest absolute Gasteiger partial charge is 0.389 e. The first-order chi connectivity index (χ1) is 7.83. The molecule has 0 fully saturated rings. The van der Waals surface area contributed by atoms with Crippen molar-refractivity contribution in [3.63, 3.8) is 0 Å². The number of nitrogens with two attached hydrogens (primary N) is 1. The lowest BCUT2D eigenvalue weighted by Gasteiger charge is -2.16. The van der Waals surface area contributed by atoms with Crippen LogP contribution < -0.4 is 10.5 Å². The summed E-state index contributed by atoms with van der Waals surface area (Å²) in [4.78, 5) is 0. The first-order valence-corrected chi connectivity index (χ1v) is 4.99. The van der Waals surface area contributed by atoms with E-state index in [-0.39, 0.29) is 12.2 Å². The number of methoxy groups -OCH3 is 1. The monoisotopic (exact) mass is 251 g/mol. The summed E-state index contributed by atoms with van der Waals surface area (Å²) in [5.41, 5.74) is 6.00. The van der Waals surface area contributed by atoms with Gasteiger partial charge in [-0.1, -0.05) is 6.07 Å². The Labute approximate surface area is 96.4 Å². The fourth-order valence-electron chi connectivity index (χ4n) is 1.47. The summed E-state index contributed by atoms with van der Waals surface area (Å²) in [5, 5.41) is 0. The van der Waals surface area contributed by atoms with E-state index in [0.29, 0.717) is 5.56 Å². The molecule has 0 unspecified atom stereocenters. The molecule has 0 amide bonds. The highest BCUT2D eigenvalue weighted by atomic mass is 19.4. The van der Waals surface area contributed by atoms with Crippen molar-refractivity contribution in [3.8, 4) is 5.75 Å². The molecule has 0 spiro atoms. The molecule has 96 valence electrons. The van der Waals surface area contributed by atoms with Gasteiger partial charge in [-0.2, -0.15) is 13.2 Å². The van der Waals surface area contributed by atoms with Gasteiger partial charge in [-0.3, -0.25) is 0 Å². The molecule has 0 bridgehead atoms. The van der Waals surface area contributed by atoms with Crippen molar-refractivity contribution in [3.05, 3.63) is 29.6 Å². The molecule has 2 N–H and O–H groups in total. The average molecular weight is 251 g/mol. The molecule has 1 atom stereocenters. The number of hydrogen-bond acceptors (Lipinski definition) is 2. The normalized spacial score (nSPS) is 13.5. The molecule has 0 heterocycles. The van der Waals surface area contributed by atoms with Crippen molar-refractivity contribution in [2.75, 3.05) is 7.11 Å². The van der Waals surface area contributed by atoms with Crippen LogP contribution in [0.15, 0.2) is 18.2 Å². The minimum Gasteiger partial charge on any atom is -0.496 e. The first-order valence-electron chi connectivity index (χ1n) is 4.99. The van der Waals surface area contributed by atoms with Crippen molar-refractivity contribution >= 4 is 0 Å². The summed E-state index contributed by atoms with van der Waals surface area (Å²) in [6.45, 7) is 0. The largest absolute Gasteiger partial charge is 0.496 e. The van der Waals surface area contributed by atoms with Crippen LogP contribution in [0.5, 0.6) is 5.75 Å². The van der Waals surface area contributed by atoms with Crippen molar-refractivity contribution in [2.45, 2.75) is 25.1 Å². The summed E-state index contributed by atoms with van der Waals surface area (Å²) in [6.07, 6.45) is -5.48. The minimum atomic E-state index is -4.25. The highest BCUT2D eigenvalue weighted by molar-refractivity contribution is 5.36. The zero-order chi connectivity index (χ0) is 13.1. The van der Waals surface area contributed by atoms with Gasteiger partial charge in [0.05, 0.1) is 7.11 Å². The third kappa shape index (κ3) is 4.22. The number of alkyl halides is 3. The van der Waals surface area contributed by atoms with Crippen LogP contribution >= 0.6 is 0 Å². The molecular formula is C11H13F4NO. The van der Waals surface area contributed by atoms with Gasteiger partial charge in [0.1, 0.15) is 11.6 Å². The fraction of sp³-hybridized carbons (Fsp3) is 0.455. The van der Waals surface area contributed by atoms with E-state index < -0.39 is 24.5 Å². The number of ether oxygens (including phenoxy) is 1. The van der Waals surface area contributed by atoms with E-state index in [1.807, 2.05) is 0 Å². The van der Waals surface area contributed by atoms with Gasteiger partial charge in [0.25, 0.3) is 0 Å². The molecule has 0 aliphatic carbocycles. The Morgan fingerprint density at radius 1 is 1.35 bits per heavy atom. The van der Waals surface area contributed by atoms with Crippen molar-refractivity contribution in [1.82, 2.24) is 0 Å². The Kier molecular flexibility index (Phi) is 4.34. The molecule has 0 radical (unpaired) electrons. The van der Waals surface area contributed by atoms with Gasteiger partial charge in [-0.25, -0.2) is 4.39 Å². The maximum atomic E-state index is 12.9. The second-order valence-corrected chi connectivity index (χ2v) is 3.65. The fourth-order valence-corrected chi connectivity index (χ4v) is 1.47. The SMILES string of the molecule is COc1cc(F)ccc1[C@H](N)CCC(F)(F)F. The quantitative estimate of drug-likeness (QED) is 0.834. The molecule has 0 aliphatic heterocycles. The van der Waals surface area contributed by atoms with Crippen molar-refractivity contribution < 1.29 is 22.3 Å². The predicted octanol–water partition coefficient (Wildman–Crippen LogP) is 3.18.